The number of allylic oxidation sites excluding steroid dienone is 3. The van der Waals surface area contributed by atoms with Crippen LogP contribution in [0.3, 0.4) is 0 Å². The van der Waals surface area contributed by atoms with E-state index in [9.17, 15) is 0 Å². The first-order chi connectivity index (χ1) is 19.5. The molecule has 42 heavy (non-hydrogen) atoms. The second-order valence-electron chi connectivity index (χ2n) is 17.7. The van der Waals surface area contributed by atoms with Crippen molar-refractivity contribution < 1.29 is 0 Å². The van der Waals surface area contributed by atoms with Gasteiger partial charge >= 0.3 is 0 Å². The van der Waals surface area contributed by atoms with Crippen LogP contribution in [0.5, 0.6) is 0 Å². The molecule has 3 aliphatic carbocycles. The fraction of sp³-hybridized carbons (Fsp3) is 0.703. The Morgan fingerprint density at radius 3 is 1.90 bits per heavy atom. The first-order valence-electron chi connectivity index (χ1n) is 16.6. The van der Waals surface area contributed by atoms with Crippen molar-refractivity contribution in [3.63, 3.8) is 0 Å². The van der Waals surface area contributed by atoms with E-state index in [1.807, 2.05) is 0 Å². The van der Waals surface area contributed by atoms with Gasteiger partial charge in [-0.2, -0.15) is 0 Å². The monoisotopic (exact) mass is 587 g/mol. The molecule has 0 amide bonds. The van der Waals surface area contributed by atoms with E-state index in [1.165, 1.54) is 41.4 Å². The average molecular weight is 588 g/mol. The number of hydrogen-bond donors (Lipinski definition) is 0. The zero-order chi connectivity index (χ0) is 30.1. The molecule has 3 heterocycles. The van der Waals surface area contributed by atoms with Crippen molar-refractivity contribution in [3.05, 3.63) is 35.6 Å². The predicted octanol–water partition coefficient (Wildman–Crippen LogP) is 7.55. The first-order valence-corrected chi connectivity index (χ1v) is 17.1. The number of anilines is 2. The highest BCUT2D eigenvalue weighted by Gasteiger charge is 2.63. The molecule has 0 radical (unpaired) electrons. The Labute approximate surface area is 261 Å². The van der Waals surface area contributed by atoms with Gasteiger partial charge < -0.3 is 14.7 Å². The Kier molecular flexibility index (Phi) is 6.24. The lowest BCUT2D eigenvalue weighted by Gasteiger charge is -2.32. The minimum absolute atomic E-state index is 0.0306. The number of benzene rings is 1. The maximum Gasteiger partial charge on any atom is 0.180 e. The van der Waals surface area contributed by atoms with Gasteiger partial charge in [0.2, 0.25) is 0 Å². The van der Waals surface area contributed by atoms with Crippen LogP contribution >= 0.6 is 0 Å². The number of likely N-dealkylation sites (tertiary alicyclic amines) is 1. The van der Waals surface area contributed by atoms with Gasteiger partial charge in [-0.1, -0.05) is 75.3 Å². The normalized spacial score (nSPS) is 34.9. The number of fused-ring (bicyclic) bond motifs is 2. The van der Waals surface area contributed by atoms with Gasteiger partial charge in [-0.15, -0.1) is 0 Å². The number of hydrogen-bond acceptors (Lipinski definition) is 4. The summed E-state index contributed by atoms with van der Waals surface area (Å²) in [5, 5.41) is 0. The summed E-state index contributed by atoms with van der Waals surface area (Å²) in [4.78, 5) is 14.6. The van der Waals surface area contributed by atoms with E-state index in [1.54, 1.807) is 0 Å². The quantitative estimate of drug-likeness (QED) is 0.340. The third kappa shape index (κ3) is 4.49. The van der Waals surface area contributed by atoms with Gasteiger partial charge in [-0.3, -0.25) is 0 Å². The molecule has 228 valence electrons. The number of aliphatic imine (C=N–C) groups is 1. The summed E-state index contributed by atoms with van der Waals surface area (Å²) in [5.74, 6) is 3.99. The molecule has 5 heteroatoms. The fourth-order valence-corrected chi connectivity index (χ4v) is 9.35. The summed E-state index contributed by atoms with van der Waals surface area (Å²) in [6, 6.07) is 4.81. The zero-order valence-corrected chi connectivity index (χ0v) is 28.9. The van der Waals surface area contributed by atoms with Gasteiger partial charge in [0.05, 0.1) is 5.69 Å². The number of rotatable bonds is 4. The van der Waals surface area contributed by atoms with Crippen molar-refractivity contribution in [1.82, 2.24) is 4.90 Å². The van der Waals surface area contributed by atoms with Crippen LogP contribution in [0.25, 0.3) is 0 Å². The van der Waals surface area contributed by atoms with Crippen LogP contribution in [0.2, 0.25) is 0 Å². The Morgan fingerprint density at radius 2 is 1.38 bits per heavy atom. The average Bonchev–Trinajstić information content (AvgIpc) is 3.37. The Bertz CT molecular complexity index is 1380. The van der Waals surface area contributed by atoms with E-state index in [2.05, 4.69) is 121 Å². The maximum absolute atomic E-state index is 5.58. The van der Waals surface area contributed by atoms with Crippen LogP contribution in [-0.4, -0.2) is 49.9 Å². The van der Waals surface area contributed by atoms with Crippen molar-refractivity contribution in [3.8, 4) is 0 Å². The van der Waals surface area contributed by atoms with Crippen molar-refractivity contribution in [1.29, 1.82) is 0 Å². The van der Waals surface area contributed by atoms with E-state index >= 15 is 0 Å². The maximum atomic E-state index is 5.58. The van der Waals surface area contributed by atoms with Crippen molar-refractivity contribution in [2.24, 2.45) is 56.2 Å². The van der Waals surface area contributed by atoms with E-state index in [4.69, 9.17) is 4.99 Å². The highest BCUT2D eigenvalue weighted by Crippen LogP contribution is 2.64. The summed E-state index contributed by atoms with van der Waals surface area (Å²) in [6.45, 7) is 31.0. The summed E-state index contributed by atoms with van der Waals surface area (Å²) in [5.41, 5.74) is 9.19. The summed E-state index contributed by atoms with van der Waals surface area (Å²) in [7, 11) is 0. The molecular formula is C37H55N4S+. The molecule has 5 atom stereocenters. The second kappa shape index (κ2) is 9.08. The van der Waals surface area contributed by atoms with Crippen molar-refractivity contribution in [2.75, 3.05) is 49.1 Å². The molecule has 3 aliphatic heterocycles. The molecule has 5 fully saturated rings. The summed E-state index contributed by atoms with van der Waals surface area (Å²) in [6.07, 6.45) is 5.83. The molecule has 1 aromatic carbocycles. The zero-order valence-electron chi connectivity index (χ0n) is 27.9. The molecule has 0 aromatic heterocycles. The second-order valence-corrected chi connectivity index (χ2v) is 18.2. The van der Waals surface area contributed by atoms with E-state index < -0.39 is 0 Å². The van der Waals surface area contributed by atoms with E-state index in [0.29, 0.717) is 22.2 Å². The van der Waals surface area contributed by atoms with Crippen LogP contribution in [0, 0.1) is 51.2 Å². The molecule has 0 N–H and O–H groups in total. The molecular weight excluding hydrogens is 533 g/mol. The third-order valence-corrected chi connectivity index (χ3v) is 13.4. The topological polar surface area (TPSA) is 22.1 Å². The van der Waals surface area contributed by atoms with Crippen LogP contribution in [0.4, 0.5) is 17.1 Å². The molecule has 1 aromatic rings. The third-order valence-electron chi connectivity index (χ3n) is 13.0. The molecule has 6 aliphatic rings. The minimum atomic E-state index is 0.0306. The molecule has 3 saturated heterocycles. The van der Waals surface area contributed by atoms with Gasteiger partial charge in [0, 0.05) is 68.9 Å². The molecule has 0 spiro atoms. The fourth-order valence-electron chi connectivity index (χ4n) is 9.02. The highest BCUT2D eigenvalue weighted by atomic mass is 32.1. The SMILES string of the molecule is CC1CN(c2cc([SH2+])c(N=C3CC=C(N4CC5C(C4)C5(C)C)C=C3C(C)(C)C)c(N3CC4C(C3)C4(C)C)c2)CC1(C)C. The first kappa shape index (κ1) is 28.9. The molecule has 5 unspecified atom stereocenters. The smallest absolute Gasteiger partial charge is 0.180 e. The van der Waals surface area contributed by atoms with Crippen LogP contribution in [-0.2, 0) is 12.6 Å². The van der Waals surface area contributed by atoms with Crippen molar-refractivity contribution in [2.45, 2.75) is 80.6 Å². The predicted molar refractivity (Wildman–Crippen MR) is 183 cm³/mol. The van der Waals surface area contributed by atoms with Crippen LogP contribution < -0.4 is 9.80 Å². The van der Waals surface area contributed by atoms with Gasteiger partial charge in [0.1, 0.15) is 5.69 Å². The lowest BCUT2D eigenvalue weighted by Crippen LogP contribution is -2.29. The molecule has 2 saturated carbocycles. The molecule has 0 bridgehead atoms. The number of nitrogens with zero attached hydrogens (tertiary/aromatic N) is 4. The van der Waals surface area contributed by atoms with Crippen LogP contribution in [0.1, 0.15) is 75.7 Å². The van der Waals surface area contributed by atoms with Crippen LogP contribution in [0.15, 0.2) is 45.4 Å². The Morgan fingerprint density at radius 1 is 0.810 bits per heavy atom. The lowest BCUT2D eigenvalue weighted by molar-refractivity contribution is 0.312. The molecule has 7 rings (SSSR count). The summed E-state index contributed by atoms with van der Waals surface area (Å²) >= 11 is 4.13. The van der Waals surface area contributed by atoms with E-state index in [-0.39, 0.29) is 5.41 Å². The molecule has 4 nitrogen and oxygen atoms in total. The number of piperidine rings is 2. The van der Waals surface area contributed by atoms with Gasteiger partial charge in [0.15, 0.2) is 4.90 Å². The van der Waals surface area contributed by atoms with E-state index in [0.717, 1.165) is 66.9 Å². The van der Waals surface area contributed by atoms with Gasteiger partial charge in [-0.25, -0.2) is 4.99 Å². The minimum Gasteiger partial charge on any atom is -0.371 e. The van der Waals surface area contributed by atoms with Crippen molar-refractivity contribution >= 4 is 35.4 Å². The standard InChI is InChI=1S/C37H54N4S/c1-22-16-41(21-35(22,5)6)24-14-31(40-19-28-29(20-40)37(28,9)10)33(32(42)15-24)38-30-12-11-23(13-25(30)34(2,3)4)39-17-26-27(18-39)36(26,7)8/h11,13-15,22,26-29,42H,12,16-21H2,1-10H3/p+1. The Hall–Kier alpha value is -1.88. The lowest BCUT2D eigenvalue weighted by atomic mass is 9.80. The van der Waals surface area contributed by atoms with Gasteiger partial charge in [0.25, 0.3) is 0 Å². The Balaban J connectivity index is 1.24. The highest BCUT2D eigenvalue weighted by molar-refractivity contribution is 7.59. The summed E-state index contributed by atoms with van der Waals surface area (Å²) < 4.78 is 0. The van der Waals surface area contributed by atoms with Gasteiger partial charge in [-0.05, 0) is 81.6 Å². The largest absolute Gasteiger partial charge is 0.371 e.